The first-order valence-corrected chi connectivity index (χ1v) is 8.50. The number of carbonyl (C=O) groups excluding carboxylic acids is 1. The maximum Gasteiger partial charge on any atom is 0.228 e. The summed E-state index contributed by atoms with van der Waals surface area (Å²) in [5, 5.41) is 7.18. The van der Waals surface area contributed by atoms with Crippen molar-refractivity contribution < 1.29 is 4.79 Å². The van der Waals surface area contributed by atoms with Gasteiger partial charge in [0.1, 0.15) is 0 Å². The monoisotopic (exact) mass is 399 g/mol. The number of aryl methyl sites for hydroxylation is 1. The van der Waals surface area contributed by atoms with Crippen molar-refractivity contribution in [1.82, 2.24) is 0 Å². The number of alkyl halides is 1. The smallest absolute Gasteiger partial charge is 0.228 e. The van der Waals surface area contributed by atoms with Crippen molar-refractivity contribution >= 4 is 54.8 Å². The van der Waals surface area contributed by atoms with Crippen molar-refractivity contribution in [3.8, 4) is 0 Å². The molecule has 0 saturated heterocycles. The highest BCUT2D eigenvalue weighted by molar-refractivity contribution is 9.11. The predicted molar refractivity (Wildman–Crippen MR) is 86.3 cm³/mol. The molecule has 19 heavy (non-hydrogen) atoms. The summed E-state index contributed by atoms with van der Waals surface area (Å²) in [5.41, 5.74) is 5.72. The van der Waals surface area contributed by atoms with Crippen LogP contribution in [0.25, 0.3) is 0 Å². The van der Waals surface area contributed by atoms with Gasteiger partial charge in [-0.15, -0.1) is 0 Å². The Hall–Kier alpha value is -0.650. The topological polar surface area (TPSA) is 29.1 Å². The number of hydrogen-bond acceptors (Lipinski definition) is 2. The molecule has 0 saturated carbocycles. The van der Waals surface area contributed by atoms with Crippen LogP contribution >= 0.6 is 43.2 Å². The number of carbonyl (C=O) groups is 1. The standard InChI is InChI=1S/C14H11Br2NOS/c1-7-5-19-6-10(7)14(16)9-2-8-3-13(18)17-12(8)4-11(9)15/h2,4-6,14H,3H2,1H3,(H,17,18). The van der Waals surface area contributed by atoms with Crippen molar-refractivity contribution in [2.75, 3.05) is 5.32 Å². The maximum atomic E-state index is 11.4. The summed E-state index contributed by atoms with van der Waals surface area (Å²) in [6.07, 6.45) is 0.470. The lowest BCUT2D eigenvalue weighted by molar-refractivity contribution is -0.115. The molecule has 0 fully saturated rings. The predicted octanol–water partition coefficient (Wildman–Crippen LogP) is 4.80. The quantitative estimate of drug-likeness (QED) is 0.720. The van der Waals surface area contributed by atoms with E-state index in [0.717, 1.165) is 21.3 Å². The second kappa shape index (κ2) is 5.04. The van der Waals surface area contributed by atoms with Gasteiger partial charge in [0.05, 0.1) is 11.2 Å². The van der Waals surface area contributed by atoms with Gasteiger partial charge in [0, 0.05) is 10.2 Å². The van der Waals surface area contributed by atoms with Crippen LogP contribution in [0, 0.1) is 6.92 Å². The summed E-state index contributed by atoms with van der Waals surface area (Å²) in [5.74, 6) is 0.0666. The average Bonchev–Trinajstić information content (AvgIpc) is 2.92. The first kappa shape index (κ1) is 13.3. The zero-order valence-electron chi connectivity index (χ0n) is 10.2. The Labute approximate surface area is 132 Å². The summed E-state index contributed by atoms with van der Waals surface area (Å²) in [6.45, 7) is 2.12. The van der Waals surface area contributed by atoms with Gasteiger partial charge in [0.15, 0.2) is 0 Å². The largest absolute Gasteiger partial charge is 0.325 e. The Kier molecular flexibility index (Phi) is 3.53. The van der Waals surface area contributed by atoms with E-state index >= 15 is 0 Å². The summed E-state index contributed by atoms with van der Waals surface area (Å²) in [7, 11) is 0. The van der Waals surface area contributed by atoms with Crippen LogP contribution in [0.15, 0.2) is 27.4 Å². The fraction of sp³-hybridized carbons (Fsp3) is 0.214. The van der Waals surface area contributed by atoms with E-state index in [1.165, 1.54) is 11.1 Å². The van der Waals surface area contributed by atoms with E-state index in [0.29, 0.717) is 6.42 Å². The van der Waals surface area contributed by atoms with Crippen molar-refractivity contribution in [1.29, 1.82) is 0 Å². The molecule has 0 radical (unpaired) electrons. The molecule has 5 heteroatoms. The van der Waals surface area contributed by atoms with E-state index in [1.54, 1.807) is 11.3 Å². The lowest BCUT2D eigenvalue weighted by atomic mass is 10.0. The molecule has 1 amide bonds. The molecule has 1 N–H and O–H groups in total. The minimum Gasteiger partial charge on any atom is -0.325 e. The summed E-state index contributed by atoms with van der Waals surface area (Å²) in [4.78, 5) is 11.6. The van der Waals surface area contributed by atoms with Crippen LogP contribution in [0.4, 0.5) is 5.69 Å². The van der Waals surface area contributed by atoms with Crippen molar-refractivity contribution in [2.45, 2.75) is 18.2 Å². The second-order valence-electron chi connectivity index (χ2n) is 4.63. The Bertz CT molecular complexity index is 665. The zero-order chi connectivity index (χ0) is 13.6. The Balaban J connectivity index is 2.05. The van der Waals surface area contributed by atoms with E-state index in [-0.39, 0.29) is 10.7 Å². The number of rotatable bonds is 2. The first-order valence-electron chi connectivity index (χ1n) is 5.85. The third-order valence-corrected chi connectivity index (χ3v) is 5.84. The summed E-state index contributed by atoms with van der Waals surface area (Å²) >= 11 is 9.08. The molecule has 1 aromatic heterocycles. The van der Waals surface area contributed by atoms with Crippen molar-refractivity contribution in [3.05, 3.63) is 49.6 Å². The minimum atomic E-state index is 0.0666. The molecule has 2 heterocycles. The van der Waals surface area contributed by atoms with E-state index in [4.69, 9.17) is 0 Å². The van der Waals surface area contributed by atoms with E-state index < -0.39 is 0 Å². The van der Waals surface area contributed by atoms with Gasteiger partial charge in [-0.05, 0) is 46.0 Å². The van der Waals surface area contributed by atoms with Crippen molar-refractivity contribution in [2.24, 2.45) is 0 Å². The maximum absolute atomic E-state index is 11.4. The number of fused-ring (bicyclic) bond motifs is 1. The number of thiophene rings is 1. The lowest BCUT2D eigenvalue weighted by Gasteiger charge is -2.14. The van der Waals surface area contributed by atoms with Gasteiger partial charge < -0.3 is 5.32 Å². The van der Waals surface area contributed by atoms with Gasteiger partial charge in [0.2, 0.25) is 5.91 Å². The zero-order valence-corrected chi connectivity index (χ0v) is 14.2. The fourth-order valence-corrected chi connectivity index (χ4v) is 5.06. The highest BCUT2D eigenvalue weighted by atomic mass is 79.9. The second-order valence-corrected chi connectivity index (χ2v) is 7.14. The molecule has 1 aliphatic rings. The number of benzene rings is 1. The van der Waals surface area contributed by atoms with Gasteiger partial charge in [-0.25, -0.2) is 0 Å². The van der Waals surface area contributed by atoms with Crippen LogP contribution < -0.4 is 5.32 Å². The molecular weight excluding hydrogens is 390 g/mol. The Morgan fingerprint density at radius 2 is 2.11 bits per heavy atom. The molecule has 98 valence electrons. The summed E-state index contributed by atoms with van der Waals surface area (Å²) in [6, 6.07) is 4.10. The number of halogens is 2. The molecule has 0 aliphatic carbocycles. The Morgan fingerprint density at radius 3 is 2.79 bits per heavy atom. The number of amides is 1. The molecule has 1 aromatic carbocycles. The molecule has 0 spiro atoms. The molecular formula is C14H11Br2NOS. The van der Waals surface area contributed by atoms with Gasteiger partial charge in [-0.3, -0.25) is 4.79 Å². The third-order valence-electron chi connectivity index (χ3n) is 3.29. The summed E-state index contributed by atoms with van der Waals surface area (Å²) < 4.78 is 1.01. The average molecular weight is 401 g/mol. The fourth-order valence-electron chi connectivity index (χ4n) is 2.26. The van der Waals surface area contributed by atoms with Crippen LogP contribution in [0.5, 0.6) is 0 Å². The number of anilines is 1. The van der Waals surface area contributed by atoms with Crippen molar-refractivity contribution in [3.63, 3.8) is 0 Å². The van der Waals surface area contributed by atoms with E-state index in [9.17, 15) is 4.79 Å². The van der Waals surface area contributed by atoms with Crippen LogP contribution in [0.2, 0.25) is 0 Å². The number of nitrogens with one attached hydrogen (secondary N) is 1. The van der Waals surface area contributed by atoms with Crippen LogP contribution in [-0.4, -0.2) is 5.91 Å². The molecule has 2 aromatic rings. The minimum absolute atomic E-state index is 0.0666. The van der Waals surface area contributed by atoms with Gasteiger partial charge in [-0.2, -0.15) is 11.3 Å². The first-order chi connectivity index (χ1) is 9.06. The SMILES string of the molecule is Cc1cscc1C(Br)c1cc2c(cc1Br)NC(=O)C2. The highest BCUT2D eigenvalue weighted by Crippen LogP contribution is 2.41. The highest BCUT2D eigenvalue weighted by Gasteiger charge is 2.23. The lowest BCUT2D eigenvalue weighted by Crippen LogP contribution is -2.03. The molecule has 1 atom stereocenters. The van der Waals surface area contributed by atoms with Crippen LogP contribution in [-0.2, 0) is 11.2 Å². The Morgan fingerprint density at radius 1 is 1.32 bits per heavy atom. The van der Waals surface area contributed by atoms with E-state index in [1.807, 2.05) is 6.07 Å². The molecule has 0 bridgehead atoms. The van der Waals surface area contributed by atoms with Gasteiger partial charge in [-0.1, -0.05) is 37.9 Å². The number of hydrogen-bond donors (Lipinski definition) is 1. The molecule has 1 unspecified atom stereocenters. The van der Waals surface area contributed by atoms with E-state index in [2.05, 4.69) is 60.9 Å². The normalized spacial score (nSPS) is 15.2. The third kappa shape index (κ3) is 2.39. The molecule has 3 rings (SSSR count). The van der Waals surface area contributed by atoms with Gasteiger partial charge in [0.25, 0.3) is 0 Å². The molecule has 2 nitrogen and oxygen atoms in total. The van der Waals surface area contributed by atoms with Crippen LogP contribution in [0.3, 0.4) is 0 Å². The van der Waals surface area contributed by atoms with Crippen LogP contribution in [0.1, 0.15) is 27.1 Å². The van der Waals surface area contributed by atoms with Gasteiger partial charge >= 0.3 is 0 Å². The molecule has 1 aliphatic heterocycles.